The first-order chi connectivity index (χ1) is 8.45. The number of halogens is 1. The van der Waals surface area contributed by atoms with E-state index in [2.05, 4.69) is 5.32 Å². The van der Waals surface area contributed by atoms with Crippen LogP contribution in [0, 0.1) is 23.0 Å². The van der Waals surface area contributed by atoms with Gasteiger partial charge in [-0.3, -0.25) is 14.9 Å². The van der Waals surface area contributed by atoms with Gasteiger partial charge in [0.2, 0.25) is 0 Å². The van der Waals surface area contributed by atoms with E-state index in [1.807, 2.05) is 6.92 Å². The van der Waals surface area contributed by atoms with Gasteiger partial charge in [0, 0.05) is 29.6 Å². The van der Waals surface area contributed by atoms with Crippen LogP contribution in [0.5, 0.6) is 0 Å². The van der Waals surface area contributed by atoms with Crippen LogP contribution in [0.3, 0.4) is 0 Å². The third-order valence-electron chi connectivity index (χ3n) is 2.53. The molecule has 0 heterocycles. The first-order valence-electron chi connectivity index (χ1n) is 5.55. The summed E-state index contributed by atoms with van der Waals surface area (Å²) >= 11 is 5.64. The summed E-state index contributed by atoms with van der Waals surface area (Å²) in [6.07, 6.45) is 0. The van der Waals surface area contributed by atoms with Crippen molar-refractivity contribution in [3.63, 3.8) is 0 Å². The maximum atomic E-state index is 11.8. The SMILES string of the molecule is Cc1cc(C(=O)NCC(C)CCl)ccc1[N+](=O)[O-]. The Balaban J connectivity index is 2.76. The number of benzene rings is 1. The maximum absolute atomic E-state index is 11.8. The van der Waals surface area contributed by atoms with Crippen molar-refractivity contribution in [2.45, 2.75) is 13.8 Å². The molecule has 1 aromatic rings. The zero-order valence-electron chi connectivity index (χ0n) is 10.3. The van der Waals surface area contributed by atoms with Crippen LogP contribution in [0.2, 0.25) is 0 Å². The molecule has 0 spiro atoms. The fraction of sp³-hybridized carbons (Fsp3) is 0.417. The number of nitrogens with one attached hydrogen (secondary N) is 1. The molecule has 0 saturated carbocycles. The van der Waals surface area contributed by atoms with Crippen LogP contribution in [0.1, 0.15) is 22.8 Å². The number of hydrogen-bond acceptors (Lipinski definition) is 3. The number of nitro benzene ring substituents is 1. The monoisotopic (exact) mass is 270 g/mol. The normalized spacial score (nSPS) is 11.9. The molecule has 0 radical (unpaired) electrons. The summed E-state index contributed by atoms with van der Waals surface area (Å²) in [5.41, 5.74) is 0.901. The first kappa shape index (κ1) is 14.4. The molecule has 0 fully saturated rings. The van der Waals surface area contributed by atoms with Crippen molar-refractivity contribution in [2.75, 3.05) is 12.4 Å². The largest absolute Gasteiger partial charge is 0.352 e. The van der Waals surface area contributed by atoms with Crippen LogP contribution in [0.15, 0.2) is 18.2 Å². The lowest BCUT2D eigenvalue weighted by Crippen LogP contribution is -2.28. The van der Waals surface area contributed by atoms with Crippen molar-refractivity contribution in [1.29, 1.82) is 0 Å². The van der Waals surface area contributed by atoms with Crippen molar-refractivity contribution in [3.8, 4) is 0 Å². The fourth-order valence-electron chi connectivity index (χ4n) is 1.43. The van der Waals surface area contributed by atoms with Gasteiger partial charge in [0.05, 0.1) is 4.92 Å². The molecule has 18 heavy (non-hydrogen) atoms. The molecule has 0 aliphatic carbocycles. The molecular weight excluding hydrogens is 256 g/mol. The van der Waals surface area contributed by atoms with Crippen LogP contribution in [-0.2, 0) is 0 Å². The molecule has 1 N–H and O–H groups in total. The minimum Gasteiger partial charge on any atom is -0.352 e. The summed E-state index contributed by atoms with van der Waals surface area (Å²) in [6, 6.07) is 4.31. The highest BCUT2D eigenvalue weighted by Crippen LogP contribution is 2.18. The molecule has 0 bridgehead atoms. The number of nitro groups is 1. The summed E-state index contributed by atoms with van der Waals surface area (Å²) < 4.78 is 0. The molecule has 1 aromatic carbocycles. The molecule has 0 aliphatic heterocycles. The van der Waals surface area contributed by atoms with E-state index in [9.17, 15) is 14.9 Å². The number of aryl methyl sites for hydroxylation is 1. The van der Waals surface area contributed by atoms with E-state index in [1.165, 1.54) is 18.2 Å². The van der Waals surface area contributed by atoms with Crippen molar-refractivity contribution >= 4 is 23.2 Å². The van der Waals surface area contributed by atoms with E-state index >= 15 is 0 Å². The van der Waals surface area contributed by atoms with Gasteiger partial charge in [0.1, 0.15) is 0 Å². The Morgan fingerprint density at radius 3 is 2.72 bits per heavy atom. The zero-order chi connectivity index (χ0) is 13.7. The lowest BCUT2D eigenvalue weighted by atomic mass is 10.1. The van der Waals surface area contributed by atoms with E-state index in [0.29, 0.717) is 23.6 Å². The minimum atomic E-state index is -0.466. The number of carbonyl (C=O) groups is 1. The summed E-state index contributed by atoms with van der Waals surface area (Å²) in [5.74, 6) is 0.416. The summed E-state index contributed by atoms with van der Waals surface area (Å²) in [5, 5.41) is 13.4. The van der Waals surface area contributed by atoms with Gasteiger partial charge < -0.3 is 5.32 Å². The quantitative estimate of drug-likeness (QED) is 0.508. The first-order valence-corrected chi connectivity index (χ1v) is 6.08. The smallest absolute Gasteiger partial charge is 0.272 e. The van der Waals surface area contributed by atoms with E-state index < -0.39 is 4.92 Å². The van der Waals surface area contributed by atoms with Crippen molar-refractivity contribution < 1.29 is 9.72 Å². The highest BCUT2D eigenvalue weighted by molar-refractivity contribution is 6.18. The number of hydrogen-bond donors (Lipinski definition) is 1. The van der Waals surface area contributed by atoms with Gasteiger partial charge in [-0.05, 0) is 25.0 Å². The predicted octanol–water partition coefficient (Wildman–Crippen LogP) is 2.51. The van der Waals surface area contributed by atoms with E-state index in [4.69, 9.17) is 11.6 Å². The second-order valence-electron chi connectivity index (χ2n) is 4.23. The molecule has 0 saturated heterocycles. The Morgan fingerprint density at radius 2 is 2.22 bits per heavy atom. The Bertz CT molecular complexity index is 463. The van der Waals surface area contributed by atoms with Gasteiger partial charge >= 0.3 is 0 Å². The molecular formula is C12H15ClN2O3. The van der Waals surface area contributed by atoms with Crippen molar-refractivity contribution in [2.24, 2.45) is 5.92 Å². The average Bonchev–Trinajstić information content (AvgIpc) is 2.34. The Hall–Kier alpha value is -1.62. The van der Waals surface area contributed by atoms with Crippen LogP contribution >= 0.6 is 11.6 Å². The van der Waals surface area contributed by atoms with E-state index in [1.54, 1.807) is 6.92 Å². The number of amides is 1. The number of alkyl halides is 1. The molecule has 1 atom stereocenters. The number of nitrogens with zero attached hydrogens (tertiary/aromatic N) is 1. The highest BCUT2D eigenvalue weighted by Gasteiger charge is 2.13. The zero-order valence-corrected chi connectivity index (χ0v) is 11.0. The highest BCUT2D eigenvalue weighted by atomic mass is 35.5. The van der Waals surface area contributed by atoms with E-state index in [-0.39, 0.29) is 17.5 Å². The topological polar surface area (TPSA) is 72.2 Å². The lowest BCUT2D eigenvalue weighted by Gasteiger charge is -2.09. The van der Waals surface area contributed by atoms with Gasteiger partial charge in [-0.25, -0.2) is 0 Å². The summed E-state index contributed by atoms with van der Waals surface area (Å²) in [4.78, 5) is 22.0. The standard InChI is InChI=1S/C12H15ClN2O3/c1-8(6-13)7-14-12(16)10-3-4-11(15(17)18)9(2)5-10/h3-5,8H,6-7H2,1-2H3,(H,14,16). The molecule has 1 amide bonds. The van der Waals surface area contributed by atoms with Gasteiger partial charge in [-0.15, -0.1) is 11.6 Å². The molecule has 1 rings (SSSR count). The Labute approximate surface area is 110 Å². The van der Waals surface area contributed by atoms with Crippen molar-refractivity contribution in [1.82, 2.24) is 5.32 Å². The molecule has 98 valence electrons. The maximum Gasteiger partial charge on any atom is 0.272 e. The second kappa shape index (κ2) is 6.35. The lowest BCUT2D eigenvalue weighted by molar-refractivity contribution is -0.385. The Morgan fingerprint density at radius 1 is 1.56 bits per heavy atom. The number of rotatable bonds is 5. The molecule has 6 heteroatoms. The average molecular weight is 271 g/mol. The van der Waals surface area contributed by atoms with Crippen LogP contribution in [0.4, 0.5) is 5.69 Å². The molecule has 0 aromatic heterocycles. The fourth-order valence-corrected chi connectivity index (χ4v) is 1.53. The van der Waals surface area contributed by atoms with Crippen LogP contribution in [0.25, 0.3) is 0 Å². The summed E-state index contributed by atoms with van der Waals surface area (Å²) in [6.45, 7) is 4.02. The molecule has 1 unspecified atom stereocenters. The number of carbonyl (C=O) groups excluding carboxylic acids is 1. The van der Waals surface area contributed by atoms with Crippen LogP contribution in [-0.4, -0.2) is 23.3 Å². The summed E-state index contributed by atoms with van der Waals surface area (Å²) in [7, 11) is 0. The predicted molar refractivity (Wildman–Crippen MR) is 70.1 cm³/mol. The van der Waals surface area contributed by atoms with Gasteiger partial charge in [0.15, 0.2) is 0 Å². The third kappa shape index (κ3) is 3.70. The second-order valence-corrected chi connectivity index (χ2v) is 4.54. The minimum absolute atomic E-state index is 0.0145. The van der Waals surface area contributed by atoms with Crippen molar-refractivity contribution in [3.05, 3.63) is 39.4 Å². The van der Waals surface area contributed by atoms with Gasteiger partial charge in [-0.2, -0.15) is 0 Å². The Kier molecular flexibility index (Phi) is 5.09. The van der Waals surface area contributed by atoms with E-state index in [0.717, 1.165) is 0 Å². The third-order valence-corrected chi connectivity index (χ3v) is 3.06. The van der Waals surface area contributed by atoms with Gasteiger partial charge in [-0.1, -0.05) is 6.92 Å². The molecule has 0 aliphatic rings. The molecule has 5 nitrogen and oxygen atoms in total. The van der Waals surface area contributed by atoms with Gasteiger partial charge in [0.25, 0.3) is 11.6 Å². The van der Waals surface area contributed by atoms with Crippen LogP contribution < -0.4 is 5.32 Å².